The second-order valence-electron chi connectivity index (χ2n) is 10.0. The van der Waals surface area contributed by atoms with Crippen molar-refractivity contribution in [3.8, 4) is 11.1 Å². The number of rotatable bonds is 4. The molecule has 0 saturated heterocycles. The van der Waals surface area contributed by atoms with Gasteiger partial charge in [0.05, 0.1) is 17.2 Å². The van der Waals surface area contributed by atoms with Crippen LogP contribution < -0.4 is 14.2 Å². The van der Waals surface area contributed by atoms with Crippen LogP contribution in [0.5, 0.6) is 0 Å². The summed E-state index contributed by atoms with van der Waals surface area (Å²) in [4.78, 5) is 9.49. The van der Waals surface area contributed by atoms with E-state index in [1.165, 1.54) is 28.3 Å². The number of benzene rings is 1. The monoisotopic (exact) mass is 425 g/mol. The Morgan fingerprint density at radius 2 is 1.62 bits per heavy atom. The van der Waals surface area contributed by atoms with E-state index in [2.05, 4.69) is 115 Å². The number of hydrogen-bond acceptors (Lipinski definition) is 3. The lowest BCUT2D eigenvalue weighted by atomic mass is 9.39. The van der Waals surface area contributed by atoms with E-state index in [9.17, 15) is 0 Å². The van der Waals surface area contributed by atoms with Gasteiger partial charge in [-0.3, -0.25) is 9.79 Å². The van der Waals surface area contributed by atoms with E-state index >= 15 is 0 Å². The van der Waals surface area contributed by atoms with Gasteiger partial charge in [0.15, 0.2) is 0 Å². The van der Waals surface area contributed by atoms with Gasteiger partial charge in [-0.05, 0) is 75.1 Å². The molecule has 1 aromatic carbocycles. The Kier molecular flexibility index (Phi) is 4.84. The van der Waals surface area contributed by atoms with Gasteiger partial charge in [0.25, 0.3) is 5.82 Å². The summed E-state index contributed by atoms with van der Waals surface area (Å²) in [5.74, 6) is 1.27. The molecule has 3 aromatic rings. The van der Waals surface area contributed by atoms with Crippen molar-refractivity contribution < 1.29 is 4.57 Å². The van der Waals surface area contributed by atoms with Gasteiger partial charge in [-0.2, -0.15) is 0 Å². The lowest BCUT2D eigenvalue weighted by Crippen LogP contribution is -2.75. The summed E-state index contributed by atoms with van der Waals surface area (Å²) in [7, 11) is 0. The van der Waals surface area contributed by atoms with Gasteiger partial charge in [-0.15, -0.1) is 0 Å². The number of hydrogen-bond donors (Lipinski definition) is 0. The van der Waals surface area contributed by atoms with Crippen molar-refractivity contribution in [2.24, 2.45) is 0 Å². The Morgan fingerprint density at radius 3 is 2.25 bits per heavy atom. The summed E-state index contributed by atoms with van der Waals surface area (Å²) in [6.45, 7) is 14.6. The number of anilines is 3. The average molecular weight is 425 g/mol. The molecule has 0 radical (unpaired) electrons. The maximum absolute atomic E-state index is 4.21. The van der Waals surface area contributed by atoms with E-state index in [1.54, 1.807) is 0 Å². The van der Waals surface area contributed by atoms with Crippen LogP contribution in [0, 0.1) is 0 Å². The standard InChI is InChI=1S/C27H34BN4/c1-7-26(5)27(6,8-2)30-18-15-22(21-13-16-29-17-14-21)19-25(30)32-24-12-10-9-11-23(24)31(20(3)4)28(26)32/h9-20H,7-8H2,1-6H3/q+1. The van der Waals surface area contributed by atoms with E-state index in [0.717, 1.165) is 12.8 Å². The molecule has 0 N–H and O–H groups in total. The summed E-state index contributed by atoms with van der Waals surface area (Å²) < 4.78 is 2.55. The average Bonchev–Trinajstić information content (AvgIpc) is 3.19. The molecule has 4 nitrogen and oxygen atoms in total. The molecule has 0 fully saturated rings. The number of aromatic nitrogens is 2. The van der Waals surface area contributed by atoms with Crippen LogP contribution in [0.2, 0.25) is 5.31 Å². The third kappa shape index (κ3) is 2.63. The zero-order valence-corrected chi connectivity index (χ0v) is 20.2. The van der Waals surface area contributed by atoms with Crippen LogP contribution in [-0.4, -0.2) is 18.0 Å². The summed E-state index contributed by atoms with van der Waals surface area (Å²) in [5, 5.41) is 0.0564. The van der Waals surface area contributed by atoms with Gasteiger partial charge in [0.2, 0.25) is 0 Å². The maximum Gasteiger partial charge on any atom is 0.512 e. The van der Waals surface area contributed by atoms with E-state index in [1.807, 2.05) is 12.4 Å². The second kappa shape index (κ2) is 7.36. The largest absolute Gasteiger partial charge is 0.512 e. The van der Waals surface area contributed by atoms with E-state index in [4.69, 9.17) is 0 Å². The first kappa shape index (κ1) is 21.1. The first-order valence-electron chi connectivity index (χ1n) is 12.0. The van der Waals surface area contributed by atoms with Gasteiger partial charge in [-0.25, -0.2) is 4.57 Å². The number of pyridine rings is 2. The van der Waals surface area contributed by atoms with Gasteiger partial charge < -0.3 is 4.81 Å². The number of nitrogens with zero attached hydrogens (tertiary/aromatic N) is 4. The van der Waals surface area contributed by atoms with Gasteiger partial charge in [0, 0.05) is 24.5 Å². The summed E-state index contributed by atoms with van der Waals surface area (Å²) >= 11 is 0. The fraction of sp³-hybridized carbons (Fsp3) is 0.407. The molecule has 0 amide bonds. The minimum atomic E-state index is -0.00972. The molecule has 2 aromatic heterocycles. The van der Waals surface area contributed by atoms with Crippen molar-refractivity contribution in [2.75, 3.05) is 9.62 Å². The summed E-state index contributed by atoms with van der Waals surface area (Å²) in [6, 6.07) is 18.2. The van der Waals surface area contributed by atoms with E-state index < -0.39 is 0 Å². The van der Waals surface area contributed by atoms with Crippen molar-refractivity contribution in [2.45, 2.75) is 71.3 Å². The quantitative estimate of drug-likeness (QED) is 0.367. The molecule has 32 heavy (non-hydrogen) atoms. The molecule has 5 rings (SSSR count). The molecule has 164 valence electrons. The Balaban J connectivity index is 1.83. The van der Waals surface area contributed by atoms with Crippen LogP contribution in [0.15, 0.2) is 67.1 Å². The van der Waals surface area contributed by atoms with E-state index in [0.29, 0.717) is 6.04 Å². The van der Waals surface area contributed by atoms with Crippen molar-refractivity contribution in [3.05, 3.63) is 67.1 Å². The van der Waals surface area contributed by atoms with Crippen molar-refractivity contribution in [1.82, 2.24) is 4.98 Å². The Labute approximate surface area is 193 Å². The smallest absolute Gasteiger partial charge is 0.368 e. The third-order valence-corrected chi connectivity index (χ3v) is 8.43. The molecule has 0 spiro atoms. The SMILES string of the molecule is CCC1(C)B2N(c3ccccc3N2C(C)C)c2cc(-c3ccncc3)cc[n+]2C1(C)CC. The summed E-state index contributed by atoms with van der Waals surface area (Å²) in [6.07, 6.45) is 8.26. The highest BCUT2D eigenvalue weighted by molar-refractivity contribution is 6.74. The predicted octanol–water partition coefficient (Wildman–Crippen LogP) is 6.20. The van der Waals surface area contributed by atoms with Crippen LogP contribution in [0.1, 0.15) is 54.4 Å². The number of fused-ring (bicyclic) bond motifs is 5. The number of para-hydroxylation sites is 2. The Hall–Kier alpha value is -2.82. The lowest BCUT2D eigenvalue weighted by molar-refractivity contribution is -0.758. The summed E-state index contributed by atoms with van der Waals surface area (Å²) in [5.41, 5.74) is 5.08. The van der Waals surface area contributed by atoms with Gasteiger partial charge in [-0.1, -0.05) is 32.9 Å². The molecule has 5 heteroatoms. The van der Waals surface area contributed by atoms with Crippen molar-refractivity contribution >= 4 is 24.2 Å². The minimum absolute atomic E-state index is 0.00972. The van der Waals surface area contributed by atoms with Crippen LogP contribution >= 0.6 is 0 Å². The van der Waals surface area contributed by atoms with Gasteiger partial charge in [0.1, 0.15) is 11.2 Å². The Morgan fingerprint density at radius 1 is 0.938 bits per heavy atom. The highest BCUT2D eigenvalue weighted by Gasteiger charge is 2.70. The first-order chi connectivity index (χ1) is 15.4. The molecule has 2 aliphatic rings. The van der Waals surface area contributed by atoms with Gasteiger partial charge >= 0.3 is 6.98 Å². The molecule has 2 aliphatic heterocycles. The fourth-order valence-corrected chi connectivity index (χ4v) is 6.18. The van der Waals surface area contributed by atoms with Crippen molar-refractivity contribution in [3.63, 3.8) is 0 Å². The third-order valence-electron chi connectivity index (χ3n) is 8.43. The maximum atomic E-state index is 4.21. The molecule has 2 unspecified atom stereocenters. The normalized spacial score (nSPS) is 23.9. The molecule has 0 aliphatic carbocycles. The molecular formula is C27H34BN4+. The Bertz CT molecular complexity index is 1150. The first-order valence-corrected chi connectivity index (χ1v) is 12.0. The minimum Gasteiger partial charge on any atom is -0.368 e. The predicted molar refractivity (Wildman–Crippen MR) is 134 cm³/mol. The van der Waals surface area contributed by atoms with Crippen LogP contribution in [-0.2, 0) is 5.54 Å². The molecule has 0 saturated carbocycles. The highest BCUT2D eigenvalue weighted by atomic mass is 15.4. The zero-order chi connectivity index (χ0) is 22.7. The van der Waals surface area contributed by atoms with E-state index in [-0.39, 0.29) is 17.8 Å². The topological polar surface area (TPSA) is 23.2 Å². The molecule has 4 heterocycles. The van der Waals surface area contributed by atoms with Crippen LogP contribution in [0.4, 0.5) is 17.2 Å². The lowest BCUT2D eigenvalue weighted by Gasteiger charge is -2.52. The molecular weight excluding hydrogens is 391 g/mol. The highest BCUT2D eigenvalue weighted by Crippen LogP contribution is 2.60. The zero-order valence-electron chi connectivity index (χ0n) is 20.2. The molecule has 2 atom stereocenters. The van der Waals surface area contributed by atoms with Crippen LogP contribution in [0.3, 0.4) is 0 Å². The van der Waals surface area contributed by atoms with Crippen molar-refractivity contribution in [1.29, 1.82) is 0 Å². The van der Waals surface area contributed by atoms with Crippen LogP contribution in [0.25, 0.3) is 11.1 Å². The molecule has 0 bridgehead atoms. The second-order valence-corrected chi connectivity index (χ2v) is 10.0. The fourth-order valence-electron chi connectivity index (χ4n) is 6.18.